The van der Waals surface area contributed by atoms with Crippen LogP contribution in [0.5, 0.6) is 11.5 Å². The molecule has 0 N–H and O–H groups in total. The first-order chi connectivity index (χ1) is 13.7. The van der Waals surface area contributed by atoms with E-state index in [9.17, 15) is 4.79 Å². The molecule has 0 spiro atoms. The second-order valence-electron chi connectivity index (χ2n) is 6.76. The number of nitrogens with zero attached hydrogens (tertiary/aromatic N) is 3. The van der Waals surface area contributed by atoms with E-state index >= 15 is 0 Å². The SMILES string of the molecule is O=C(c1cc2c(cc1Cl)OCCO2)N1CCN(c2nsc3ccccc23)CC1. The van der Waals surface area contributed by atoms with E-state index in [-0.39, 0.29) is 5.91 Å². The van der Waals surface area contributed by atoms with E-state index in [1.807, 2.05) is 17.0 Å². The smallest absolute Gasteiger partial charge is 0.255 e. The van der Waals surface area contributed by atoms with Gasteiger partial charge in [0, 0.05) is 37.6 Å². The summed E-state index contributed by atoms with van der Waals surface area (Å²) in [5.41, 5.74) is 0.457. The zero-order valence-electron chi connectivity index (χ0n) is 15.1. The summed E-state index contributed by atoms with van der Waals surface area (Å²) in [7, 11) is 0. The molecule has 0 bridgehead atoms. The lowest BCUT2D eigenvalue weighted by Crippen LogP contribution is -2.49. The lowest BCUT2D eigenvalue weighted by molar-refractivity contribution is 0.0745. The molecule has 144 valence electrons. The van der Waals surface area contributed by atoms with Crippen LogP contribution in [-0.2, 0) is 0 Å². The molecule has 1 fully saturated rings. The number of piperazine rings is 1. The highest BCUT2D eigenvalue weighted by Crippen LogP contribution is 2.36. The third-order valence-electron chi connectivity index (χ3n) is 5.09. The van der Waals surface area contributed by atoms with Gasteiger partial charge in [0.25, 0.3) is 5.91 Å². The van der Waals surface area contributed by atoms with Crippen molar-refractivity contribution in [3.05, 3.63) is 47.0 Å². The summed E-state index contributed by atoms with van der Waals surface area (Å²) < 4.78 is 16.9. The second kappa shape index (κ2) is 7.14. The number of halogens is 1. The monoisotopic (exact) mass is 415 g/mol. The number of fused-ring (bicyclic) bond motifs is 2. The summed E-state index contributed by atoms with van der Waals surface area (Å²) in [6.45, 7) is 3.68. The average molecular weight is 416 g/mol. The number of ether oxygens (including phenoxy) is 2. The molecule has 3 heterocycles. The molecule has 6 nitrogen and oxygen atoms in total. The summed E-state index contributed by atoms with van der Waals surface area (Å²) >= 11 is 7.86. The van der Waals surface area contributed by atoms with Crippen LogP contribution in [0.1, 0.15) is 10.4 Å². The highest BCUT2D eigenvalue weighted by molar-refractivity contribution is 7.13. The Morgan fingerprint density at radius 2 is 1.75 bits per heavy atom. The van der Waals surface area contributed by atoms with E-state index in [2.05, 4.69) is 21.4 Å². The van der Waals surface area contributed by atoms with Crippen molar-refractivity contribution < 1.29 is 14.3 Å². The van der Waals surface area contributed by atoms with Crippen LogP contribution in [0.25, 0.3) is 10.1 Å². The average Bonchev–Trinajstić information content (AvgIpc) is 3.17. The molecule has 0 radical (unpaired) electrons. The van der Waals surface area contributed by atoms with Gasteiger partial charge in [0.1, 0.15) is 19.0 Å². The Labute approximate surface area is 171 Å². The molecule has 8 heteroatoms. The van der Waals surface area contributed by atoms with Gasteiger partial charge in [0.2, 0.25) is 0 Å². The van der Waals surface area contributed by atoms with Crippen LogP contribution in [0.15, 0.2) is 36.4 Å². The Kier molecular flexibility index (Phi) is 4.49. The van der Waals surface area contributed by atoms with Gasteiger partial charge in [-0.3, -0.25) is 4.79 Å². The van der Waals surface area contributed by atoms with Gasteiger partial charge in [-0.1, -0.05) is 23.7 Å². The first-order valence-corrected chi connectivity index (χ1v) is 10.3. The minimum atomic E-state index is -0.0789. The number of aromatic nitrogens is 1. The third-order valence-corrected chi connectivity index (χ3v) is 6.22. The number of carbonyl (C=O) groups excluding carboxylic acids is 1. The molecule has 2 aromatic carbocycles. The topological polar surface area (TPSA) is 54.9 Å². The number of rotatable bonds is 2. The highest BCUT2D eigenvalue weighted by Gasteiger charge is 2.27. The maximum atomic E-state index is 13.0. The van der Waals surface area contributed by atoms with E-state index in [1.165, 1.54) is 21.6 Å². The van der Waals surface area contributed by atoms with Crippen LogP contribution in [-0.4, -0.2) is 54.6 Å². The van der Waals surface area contributed by atoms with Crippen LogP contribution >= 0.6 is 23.1 Å². The fourth-order valence-corrected chi connectivity index (χ4v) is 4.65. The van der Waals surface area contributed by atoms with Crippen molar-refractivity contribution in [2.24, 2.45) is 0 Å². The number of anilines is 1. The van der Waals surface area contributed by atoms with Crippen molar-refractivity contribution in [3.63, 3.8) is 0 Å². The zero-order valence-corrected chi connectivity index (χ0v) is 16.6. The van der Waals surface area contributed by atoms with E-state index in [1.54, 1.807) is 12.1 Å². The lowest BCUT2D eigenvalue weighted by atomic mass is 10.1. The van der Waals surface area contributed by atoms with Gasteiger partial charge in [0.05, 0.1) is 15.3 Å². The Hall–Kier alpha value is -2.51. The molecular weight excluding hydrogens is 398 g/mol. The normalized spacial score (nSPS) is 16.5. The van der Waals surface area contributed by atoms with Gasteiger partial charge in [-0.25, -0.2) is 0 Å². The Morgan fingerprint density at radius 3 is 2.54 bits per heavy atom. The molecule has 28 heavy (non-hydrogen) atoms. The minimum Gasteiger partial charge on any atom is -0.486 e. The van der Waals surface area contributed by atoms with Crippen LogP contribution in [0.2, 0.25) is 5.02 Å². The predicted octanol–water partition coefficient (Wildman–Crippen LogP) is 3.68. The van der Waals surface area contributed by atoms with Gasteiger partial charge < -0.3 is 19.3 Å². The van der Waals surface area contributed by atoms with Crippen LogP contribution in [0.4, 0.5) is 5.82 Å². The van der Waals surface area contributed by atoms with Crippen molar-refractivity contribution >= 4 is 44.9 Å². The molecule has 3 aromatic rings. The number of hydrogen-bond donors (Lipinski definition) is 0. The Bertz CT molecular complexity index is 1050. The molecule has 0 saturated carbocycles. The van der Waals surface area contributed by atoms with Gasteiger partial charge in [0.15, 0.2) is 11.5 Å². The largest absolute Gasteiger partial charge is 0.486 e. The molecule has 0 atom stereocenters. The quantitative estimate of drug-likeness (QED) is 0.639. The van der Waals surface area contributed by atoms with E-state index < -0.39 is 0 Å². The number of benzene rings is 2. The van der Waals surface area contributed by atoms with Crippen LogP contribution < -0.4 is 14.4 Å². The highest BCUT2D eigenvalue weighted by atomic mass is 35.5. The molecule has 1 saturated heterocycles. The summed E-state index contributed by atoms with van der Waals surface area (Å²) in [6.07, 6.45) is 0. The maximum absolute atomic E-state index is 13.0. The molecular formula is C20H18ClN3O3S. The predicted molar refractivity (Wildman–Crippen MR) is 110 cm³/mol. The van der Waals surface area contributed by atoms with Crippen molar-refractivity contribution in [1.29, 1.82) is 0 Å². The molecule has 5 rings (SSSR count). The Balaban J connectivity index is 1.32. The van der Waals surface area contributed by atoms with E-state index in [0.29, 0.717) is 48.4 Å². The van der Waals surface area contributed by atoms with Crippen LogP contribution in [0, 0.1) is 0 Å². The summed E-state index contributed by atoms with van der Waals surface area (Å²) in [6, 6.07) is 11.6. The third kappa shape index (κ3) is 3.04. The number of hydrogen-bond acceptors (Lipinski definition) is 6. The first kappa shape index (κ1) is 17.6. The molecule has 2 aliphatic heterocycles. The molecule has 2 aliphatic rings. The van der Waals surface area contributed by atoms with Crippen LogP contribution in [0.3, 0.4) is 0 Å². The molecule has 0 aliphatic carbocycles. The summed E-state index contributed by atoms with van der Waals surface area (Å²) in [5, 5.41) is 1.56. The van der Waals surface area contributed by atoms with E-state index in [0.717, 1.165) is 18.9 Å². The van der Waals surface area contributed by atoms with Gasteiger partial charge >= 0.3 is 0 Å². The molecule has 1 aromatic heterocycles. The van der Waals surface area contributed by atoms with Crippen molar-refractivity contribution in [2.75, 3.05) is 44.3 Å². The van der Waals surface area contributed by atoms with Crippen molar-refractivity contribution in [2.45, 2.75) is 0 Å². The molecule has 0 unspecified atom stereocenters. The standard InChI is InChI=1S/C20H18ClN3O3S/c21-15-12-17-16(26-9-10-27-17)11-14(15)20(25)24-7-5-23(6-8-24)19-13-3-1-2-4-18(13)28-22-19/h1-4,11-12H,5-10H2. The van der Waals surface area contributed by atoms with Gasteiger partial charge in [-0.05, 0) is 29.7 Å². The fourth-order valence-electron chi connectivity index (χ4n) is 3.62. The fraction of sp³-hybridized carbons (Fsp3) is 0.300. The van der Waals surface area contributed by atoms with Crippen molar-refractivity contribution in [1.82, 2.24) is 9.27 Å². The number of carbonyl (C=O) groups is 1. The van der Waals surface area contributed by atoms with E-state index in [4.69, 9.17) is 21.1 Å². The summed E-state index contributed by atoms with van der Waals surface area (Å²) in [5.74, 6) is 2.09. The number of amides is 1. The molecule has 1 amide bonds. The lowest BCUT2D eigenvalue weighted by Gasteiger charge is -2.35. The second-order valence-corrected chi connectivity index (χ2v) is 7.97. The minimum absolute atomic E-state index is 0.0789. The van der Waals surface area contributed by atoms with Gasteiger partial charge in [-0.2, -0.15) is 4.37 Å². The Morgan fingerprint density at radius 1 is 1.04 bits per heavy atom. The first-order valence-electron chi connectivity index (χ1n) is 9.18. The maximum Gasteiger partial charge on any atom is 0.255 e. The van der Waals surface area contributed by atoms with Crippen molar-refractivity contribution in [3.8, 4) is 11.5 Å². The van der Waals surface area contributed by atoms with Gasteiger partial charge in [-0.15, -0.1) is 0 Å². The zero-order chi connectivity index (χ0) is 19.1. The summed E-state index contributed by atoms with van der Waals surface area (Å²) in [4.78, 5) is 17.1.